The van der Waals surface area contributed by atoms with Crippen molar-refractivity contribution in [3.05, 3.63) is 53.6 Å². The average molecular weight is 283 g/mol. The standard InChI is InChI=1S/C17H21N3O/c21-17(20-10-4-9-16-18-11-12-19-16)15-8-3-6-13-5-1-2-7-14(13)15/h1-2,5,7,11-12,15H,3-4,6,8-10H2,(H,18,19)(H,20,21). The van der Waals surface area contributed by atoms with E-state index >= 15 is 0 Å². The molecule has 110 valence electrons. The van der Waals surface area contributed by atoms with Crippen LogP contribution in [0.25, 0.3) is 0 Å². The lowest BCUT2D eigenvalue weighted by molar-refractivity contribution is -0.122. The first-order valence-corrected chi connectivity index (χ1v) is 7.68. The lowest BCUT2D eigenvalue weighted by Gasteiger charge is -2.24. The monoisotopic (exact) mass is 283 g/mol. The lowest BCUT2D eigenvalue weighted by atomic mass is 9.82. The molecule has 4 heteroatoms. The van der Waals surface area contributed by atoms with Crippen LogP contribution in [0.2, 0.25) is 0 Å². The highest BCUT2D eigenvalue weighted by atomic mass is 16.1. The van der Waals surface area contributed by atoms with E-state index in [-0.39, 0.29) is 11.8 Å². The van der Waals surface area contributed by atoms with Gasteiger partial charge in [-0.15, -0.1) is 0 Å². The fourth-order valence-corrected chi connectivity index (χ4v) is 3.05. The Balaban J connectivity index is 1.52. The third-order valence-corrected chi connectivity index (χ3v) is 4.13. The van der Waals surface area contributed by atoms with Gasteiger partial charge in [-0.2, -0.15) is 0 Å². The third kappa shape index (κ3) is 3.32. The van der Waals surface area contributed by atoms with Gasteiger partial charge in [-0.3, -0.25) is 4.79 Å². The van der Waals surface area contributed by atoms with Gasteiger partial charge < -0.3 is 10.3 Å². The highest BCUT2D eigenvalue weighted by molar-refractivity contribution is 5.84. The predicted molar refractivity (Wildman–Crippen MR) is 82.0 cm³/mol. The molecule has 21 heavy (non-hydrogen) atoms. The number of hydrogen-bond donors (Lipinski definition) is 2. The number of carbonyl (C=O) groups is 1. The normalized spacial score (nSPS) is 17.2. The van der Waals surface area contributed by atoms with Crippen LogP contribution in [-0.2, 0) is 17.6 Å². The van der Waals surface area contributed by atoms with Gasteiger partial charge in [0, 0.05) is 25.4 Å². The van der Waals surface area contributed by atoms with Gasteiger partial charge in [0.1, 0.15) is 5.82 Å². The highest BCUT2D eigenvalue weighted by Gasteiger charge is 2.25. The van der Waals surface area contributed by atoms with E-state index in [0.717, 1.165) is 37.9 Å². The number of fused-ring (bicyclic) bond motifs is 1. The Morgan fingerprint density at radius 3 is 3.14 bits per heavy atom. The maximum atomic E-state index is 12.4. The molecule has 4 nitrogen and oxygen atoms in total. The first-order valence-electron chi connectivity index (χ1n) is 7.68. The molecule has 0 fully saturated rings. The Bertz CT molecular complexity index is 592. The molecular weight excluding hydrogens is 262 g/mol. The van der Waals surface area contributed by atoms with Crippen molar-refractivity contribution in [2.24, 2.45) is 0 Å². The van der Waals surface area contributed by atoms with Crippen LogP contribution in [-0.4, -0.2) is 22.4 Å². The molecule has 1 amide bonds. The maximum Gasteiger partial charge on any atom is 0.227 e. The third-order valence-electron chi connectivity index (χ3n) is 4.13. The summed E-state index contributed by atoms with van der Waals surface area (Å²) in [5.41, 5.74) is 2.55. The molecule has 0 spiro atoms. The van der Waals surface area contributed by atoms with Gasteiger partial charge in [-0.05, 0) is 36.8 Å². The summed E-state index contributed by atoms with van der Waals surface area (Å²) in [6, 6.07) is 8.33. The number of aromatic nitrogens is 2. The summed E-state index contributed by atoms with van der Waals surface area (Å²) < 4.78 is 0. The smallest absolute Gasteiger partial charge is 0.227 e. The van der Waals surface area contributed by atoms with Crippen molar-refractivity contribution in [2.45, 2.75) is 38.0 Å². The van der Waals surface area contributed by atoms with Crippen molar-refractivity contribution < 1.29 is 4.79 Å². The number of aryl methyl sites for hydroxylation is 2. The molecular formula is C17H21N3O. The fraction of sp³-hybridized carbons (Fsp3) is 0.412. The largest absolute Gasteiger partial charge is 0.356 e. The van der Waals surface area contributed by atoms with Crippen LogP contribution in [0.3, 0.4) is 0 Å². The number of imidazole rings is 1. The Hall–Kier alpha value is -2.10. The first kappa shape index (κ1) is 13.9. The van der Waals surface area contributed by atoms with Gasteiger partial charge in [-0.1, -0.05) is 24.3 Å². The van der Waals surface area contributed by atoms with Crippen molar-refractivity contribution in [2.75, 3.05) is 6.54 Å². The zero-order chi connectivity index (χ0) is 14.5. The quantitative estimate of drug-likeness (QED) is 0.829. The van der Waals surface area contributed by atoms with E-state index in [9.17, 15) is 4.79 Å². The first-order chi connectivity index (χ1) is 10.3. The summed E-state index contributed by atoms with van der Waals surface area (Å²) in [4.78, 5) is 19.6. The summed E-state index contributed by atoms with van der Waals surface area (Å²) in [7, 11) is 0. The number of nitrogens with one attached hydrogen (secondary N) is 2. The number of amides is 1. The van der Waals surface area contributed by atoms with E-state index in [2.05, 4.69) is 33.5 Å². The van der Waals surface area contributed by atoms with Crippen LogP contribution in [0.15, 0.2) is 36.7 Å². The number of aromatic amines is 1. The van der Waals surface area contributed by atoms with Crippen molar-refractivity contribution in [1.82, 2.24) is 15.3 Å². The predicted octanol–water partition coefficient (Wildman–Crippen LogP) is 2.58. The van der Waals surface area contributed by atoms with E-state index in [1.54, 1.807) is 6.20 Å². The van der Waals surface area contributed by atoms with E-state index in [1.807, 2.05) is 12.3 Å². The molecule has 0 saturated heterocycles. The van der Waals surface area contributed by atoms with Crippen molar-refractivity contribution >= 4 is 5.91 Å². The summed E-state index contributed by atoms with van der Waals surface area (Å²) >= 11 is 0. The van der Waals surface area contributed by atoms with Crippen molar-refractivity contribution in [3.63, 3.8) is 0 Å². The topological polar surface area (TPSA) is 57.8 Å². The van der Waals surface area contributed by atoms with Crippen molar-refractivity contribution in [3.8, 4) is 0 Å². The molecule has 2 N–H and O–H groups in total. The van der Waals surface area contributed by atoms with Crippen molar-refractivity contribution in [1.29, 1.82) is 0 Å². The van der Waals surface area contributed by atoms with Gasteiger partial charge in [-0.25, -0.2) is 4.98 Å². The molecule has 0 radical (unpaired) electrons. The molecule has 1 aliphatic carbocycles. The minimum atomic E-state index is 0.0264. The van der Waals surface area contributed by atoms with E-state index < -0.39 is 0 Å². The van der Waals surface area contributed by atoms with E-state index in [4.69, 9.17) is 0 Å². The lowest BCUT2D eigenvalue weighted by Crippen LogP contribution is -2.32. The molecule has 3 rings (SSSR count). The van der Waals surface area contributed by atoms with Gasteiger partial charge in [0.25, 0.3) is 0 Å². The minimum Gasteiger partial charge on any atom is -0.356 e. The second kappa shape index (κ2) is 6.57. The zero-order valence-electron chi connectivity index (χ0n) is 12.1. The second-order valence-electron chi connectivity index (χ2n) is 5.57. The molecule has 2 aromatic rings. The molecule has 1 aliphatic rings. The van der Waals surface area contributed by atoms with Crippen LogP contribution in [0, 0.1) is 0 Å². The highest BCUT2D eigenvalue weighted by Crippen LogP contribution is 2.31. The maximum absolute atomic E-state index is 12.4. The van der Waals surface area contributed by atoms with E-state index in [1.165, 1.54) is 11.1 Å². The number of nitrogens with zero attached hydrogens (tertiary/aromatic N) is 1. The Morgan fingerprint density at radius 2 is 2.29 bits per heavy atom. The number of H-pyrrole nitrogens is 1. The molecule has 1 heterocycles. The van der Waals surface area contributed by atoms with Crippen LogP contribution < -0.4 is 5.32 Å². The summed E-state index contributed by atoms with van der Waals surface area (Å²) in [5.74, 6) is 1.17. The number of carbonyl (C=O) groups excluding carboxylic acids is 1. The van der Waals surface area contributed by atoms with Gasteiger partial charge in [0.2, 0.25) is 5.91 Å². The summed E-state index contributed by atoms with van der Waals surface area (Å²) in [6.45, 7) is 0.707. The molecule has 1 aromatic heterocycles. The average Bonchev–Trinajstić information content (AvgIpc) is 3.04. The van der Waals surface area contributed by atoms with Crippen LogP contribution in [0.1, 0.15) is 42.1 Å². The van der Waals surface area contributed by atoms with Crippen LogP contribution in [0.5, 0.6) is 0 Å². The van der Waals surface area contributed by atoms with Gasteiger partial charge in [0.15, 0.2) is 0 Å². The van der Waals surface area contributed by atoms with Crippen LogP contribution in [0.4, 0.5) is 0 Å². The second-order valence-corrected chi connectivity index (χ2v) is 5.57. The van der Waals surface area contributed by atoms with Gasteiger partial charge in [0.05, 0.1) is 5.92 Å². The Kier molecular flexibility index (Phi) is 4.34. The SMILES string of the molecule is O=C(NCCCc1ncc[nH]1)C1CCCc2ccccc21. The molecule has 0 bridgehead atoms. The fourth-order valence-electron chi connectivity index (χ4n) is 3.05. The Morgan fingerprint density at radius 1 is 1.38 bits per heavy atom. The molecule has 0 saturated carbocycles. The van der Waals surface area contributed by atoms with Gasteiger partial charge >= 0.3 is 0 Å². The van der Waals surface area contributed by atoms with Crippen LogP contribution >= 0.6 is 0 Å². The zero-order valence-corrected chi connectivity index (χ0v) is 12.1. The van der Waals surface area contributed by atoms with E-state index in [0.29, 0.717) is 6.54 Å². The molecule has 1 unspecified atom stereocenters. The molecule has 0 aliphatic heterocycles. The minimum absolute atomic E-state index is 0.0264. The number of benzene rings is 1. The number of hydrogen-bond acceptors (Lipinski definition) is 2. The molecule has 1 atom stereocenters. The Labute approximate surface area is 125 Å². The number of rotatable bonds is 5. The summed E-state index contributed by atoms with van der Waals surface area (Å²) in [5, 5.41) is 3.08. The summed E-state index contributed by atoms with van der Waals surface area (Å²) in [6.07, 6.45) is 8.52. The molecule has 1 aromatic carbocycles.